The maximum absolute atomic E-state index is 10.7. The van der Waals surface area contributed by atoms with Crippen LogP contribution in [0, 0.1) is 21.4 Å². The van der Waals surface area contributed by atoms with Gasteiger partial charge in [-0.15, -0.1) is 0 Å². The summed E-state index contributed by atoms with van der Waals surface area (Å²) in [7, 11) is 0. The first kappa shape index (κ1) is 14.3. The lowest BCUT2D eigenvalue weighted by atomic mass is 10.1. The molecule has 0 fully saturated rings. The first-order chi connectivity index (χ1) is 11.1. The molecule has 1 heterocycles. The molecule has 23 heavy (non-hydrogen) atoms. The highest BCUT2D eigenvalue weighted by Crippen LogP contribution is 2.29. The molecule has 7 heteroatoms. The van der Waals surface area contributed by atoms with E-state index in [4.69, 9.17) is 5.73 Å². The summed E-state index contributed by atoms with van der Waals surface area (Å²) in [4.78, 5) is 10.2. The number of nitro benzene ring substituents is 1. The minimum Gasteiger partial charge on any atom is -0.395 e. The van der Waals surface area contributed by atoms with Crippen molar-refractivity contribution < 1.29 is 4.92 Å². The Labute approximate surface area is 131 Å². The molecule has 2 N–H and O–H groups in total. The molecule has 0 aliphatic rings. The Morgan fingerprint density at radius 2 is 1.78 bits per heavy atom. The van der Waals surface area contributed by atoms with Gasteiger partial charge in [0.2, 0.25) is 0 Å². The smallest absolute Gasteiger partial charge is 0.269 e. The predicted octanol–water partition coefficient (Wildman–Crippen LogP) is 2.90. The van der Waals surface area contributed by atoms with E-state index >= 15 is 0 Å². The van der Waals surface area contributed by atoms with Gasteiger partial charge in [0.05, 0.1) is 16.3 Å². The van der Waals surface area contributed by atoms with Gasteiger partial charge in [-0.3, -0.25) is 10.1 Å². The van der Waals surface area contributed by atoms with Crippen molar-refractivity contribution in [2.45, 2.75) is 0 Å². The molecule has 0 aliphatic carbocycles. The molecule has 0 saturated carbocycles. The summed E-state index contributed by atoms with van der Waals surface area (Å²) in [5, 5.41) is 24.5. The van der Waals surface area contributed by atoms with E-state index in [1.165, 1.54) is 28.9 Å². The van der Waals surface area contributed by atoms with Crippen LogP contribution in [-0.4, -0.2) is 14.7 Å². The minimum atomic E-state index is -0.484. The van der Waals surface area contributed by atoms with Crippen molar-refractivity contribution in [1.29, 1.82) is 5.26 Å². The van der Waals surface area contributed by atoms with Gasteiger partial charge in [0.1, 0.15) is 11.8 Å². The van der Waals surface area contributed by atoms with Crippen LogP contribution >= 0.6 is 0 Å². The number of anilines is 1. The van der Waals surface area contributed by atoms with Gasteiger partial charge in [-0.1, -0.05) is 30.3 Å². The maximum Gasteiger partial charge on any atom is 0.269 e. The number of nitriles is 1. The van der Waals surface area contributed by atoms with Crippen LogP contribution in [0.5, 0.6) is 0 Å². The van der Waals surface area contributed by atoms with Crippen molar-refractivity contribution in [3.8, 4) is 23.0 Å². The number of aromatic nitrogens is 2. The fourth-order valence-corrected chi connectivity index (χ4v) is 2.25. The number of nitrogens with two attached hydrogens (primary N) is 1. The number of hydrogen-bond donors (Lipinski definition) is 1. The fraction of sp³-hybridized carbons (Fsp3) is 0. The van der Waals surface area contributed by atoms with Crippen LogP contribution in [0.25, 0.3) is 16.9 Å². The predicted molar refractivity (Wildman–Crippen MR) is 84.8 cm³/mol. The first-order valence-corrected chi connectivity index (χ1v) is 6.70. The molecule has 3 aromatic rings. The van der Waals surface area contributed by atoms with Crippen molar-refractivity contribution >= 4 is 11.4 Å². The zero-order valence-electron chi connectivity index (χ0n) is 11.9. The Hall–Kier alpha value is -3.66. The Morgan fingerprint density at radius 3 is 2.35 bits per heavy atom. The van der Waals surface area contributed by atoms with Crippen LogP contribution < -0.4 is 5.73 Å². The number of benzene rings is 2. The number of non-ortho nitro benzene ring substituents is 1. The number of hydrogen-bond acceptors (Lipinski definition) is 5. The largest absolute Gasteiger partial charge is 0.395 e. The van der Waals surface area contributed by atoms with Gasteiger partial charge in [0, 0.05) is 17.7 Å². The lowest BCUT2D eigenvalue weighted by Crippen LogP contribution is -2.00. The Kier molecular flexibility index (Phi) is 3.49. The van der Waals surface area contributed by atoms with E-state index in [0.29, 0.717) is 11.4 Å². The number of nitro groups is 1. The summed E-state index contributed by atoms with van der Waals surface area (Å²) in [6.45, 7) is 0. The van der Waals surface area contributed by atoms with Gasteiger partial charge in [-0.25, -0.2) is 4.68 Å². The van der Waals surface area contributed by atoms with E-state index in [2.05, 4.69) is 5.10 Å². The first-order valence-electron chi connectivity index (χ1n) is 6.70. The Morgan fingerprint density at radius 1 is 1.13 bits per heavy atom. The number of nitrogen functional groups attached to an aromatic ring is 1. The van der Waals surface area contributed by atoms with E-state index in [-0.39, 0.29) is 17.1 Å². The van der Waals surface area contributed by atoms with Crippen LogP contribution in [0.1, 0.15) is 5.69 Å². The third kappa shape index (κ3) is 2.49. The second kappa shape index (κ2) is 5.61. The average molecular weight is 305 g/mol. The molecular formula is C16H11N5O2. The summed E-state index contributed by atoms with van der Waals surface area (Å²) < 4.78 is 1.39. The Bertz CT molecular complexity index is 908. The van der Waals surface area contributed by atoms with Crippen molar-refractivity contribution in [1.82, 2.24) is 9.78 Å². The molecular weight excluding hydrogens is 294 g/mol. The minimum absolute atomic E-state index is 0.0318. The monoisotopic (exact) mass is 305 g/mol. The van der Waals surface area contributed by atoms with Gasteiger partial charge >= 0.3 is 0 Å². The van der Waals surface area contributed by atoms with Crippen LogP contribution in [0.4, 0.5) is 11.4 Å². The third-order valence-corrected chi connectivity index (χ3v) is 3.38. The van der Waals surface area contributed by atoms with E-state index in [1.807, 2.05) is 36.4 Å². The van der Waals surface area contributed by atoms with Gasteiger partial charge in [-0.05, 0) is 12.1 Å². The quantitative estimate of drug-likeness (QED) is 0.590. The molecule has 0 aliphatic heterocycles. The molecule has 7 nitrogen and oxygen atoms in total. The SMILES string of the molecule is N#Cc1c(N)c(-c2ccccc2)nn1-c1ccc([N+](=O)[O-])cc1. The molecule has 3 rings (SSSR count). The molecule has 112 valence electrons. The third-order valence-electron chi connectivity index (χ3n) is 3.38. The normalized spacial score (nSPS) is 10.2. The molecule has 0 saturated heterocycles. The van der Waals surface area contributed by atoms with Crippen molar-refractivity contribution in [3.63, 3.8) is 0 Å². The lowest BCUT2D eigenvalue weighted by molar-refractivity contribution is -0.384. The second-order valence-electron chi connectivity index (χ2n) is 4.77. The van der Waals surface area contributed by atoms with Gasteiger partial charge in [-0.2, -0.15) is 10.4 Å². The van der Waals surface area contributed by atoms with E-state index in [1.54, 1.807) is 0 Å². The second-order valence-corrected chi connectivity index (χ2v) is 4.77. The molecule has 0 radical (unpaired) electrons. The van der Waals surface area contributed by atoms with Gasteiger partial charge in [0.15, 0.2) is 5.69 Å². The highest BCUT2D eigenvalue weighted by Gasteiger charge is 2.18. The maximum atomic E-state index is 10.7. The molecule has 0 unspecified atom stereocenters. The number of rotatable bonds is 3. The van der Waals surface area contributed by atoms with Crippen molar-refractivity contribution in [2.75, 3.05) is 5.73 Å². The van der Waals surface area contributed by atoms with Crippen LogP contribution in [0.15, 0.2) is 54.6 Å². The van der Waals surface area contributed by atoms with Crippen molar-refractivity contribution in [3.05, 3.63) is 70.4 Å². The number of nitrogens with zero attached hydrogens (tertiary/aromatic N) is 4. The van der Waals surface area contributed by atoms with Crippen molar-refractivity contribution in [2.24, 2.45) is 0 Å². The summed E-state index contributed by atoms with van der Waals surface area (Å²) >= 11 is 0. The fourth-order valence-electron chi connectivity index (χ4n) is 2.25. The van der Waals surface area contributed by atoms with Crippen LogP contribution in [0.3, 0.4) is 0 Å². The van der Waals surface area contributed by atoms with Crippen LogP contribution in [-0.2, 0) is 0 Å². The topological polar surface area (TPSA) is 111 Å². The summed E-state index contributed by atoms with van der Waals surface area (Å²) in [6.07, 6.45) is 0. The summed E-state index contributed by atoms with van der Waals surface area (Å²) in [6, 6.07) is 17.1. The van der Waals surface area contributed by atoms with Crippen LogP contribution in [0.2, 0.25) is 0 Å². The van der Waals surface area contributed by atoms with Gasteiger partial charge in [0.25, 0.3) is 5.69 Å². The average Bonchev–Trinajstić information content (AvgIpc) is 2.92. The zero-order chi connectivity index (χ0) is 16.4. The van der Waals surface area contributed by atoms with E-state index < -0.39 is 4.92 Å². The van der Waals surface area contributed by atoms with E-state index in [0.717, 1.165) is 5.56 Å². The molecule has 0 spiro atoms. The molecule has 0 atom stereocenters. The standard InChI is InChI=1S/C16H11N5O2/c17-10-14-15(18)16(11-4-2-1-3-5-11)19-20(14)12-6-8-13(9-7-12)21(22)23/h1-9H,18H2. The molecule has 1 aromatic heterocycles. The lowest BCUT2D eigenvalue weighted by Gasteiger charge is -2.02. The van der Waals surface area contributed by atoms with E-state index in [9.17, 15) is 15.4 Å². The molecule has 0 bridgehead atoms. The highest BCUT2D eigenvalue weighted by molar-refractivity contribution is 5.77. The Balaban J connectivity index is 2.13. The molecule has 2 aromatic carbocycles. The highest BCUT2D eigenvalue weighted by atomic mass is 16.6. The summed E-state index contributed by atoms with van der Waals surface area (Å²) in [5.74, 6) is 0. The zero-order valence-corrected chi connectivity index (χ0v) is 11.9. The van der Waals surface area contributed by atoms with Gasteiger partial charge < -0.3 is 5.73 Å². The summed E-state index contributed by atoms with van der Waals surface area (Å²) in [5.41, 5.74) is 8.31. The molecule has 0 amide bonds.